The molecule has 2 saturated heterocycles. The molecule has 1 aliphatic carbocycles. The molecule has 5 nitrogen and oxygen atoms in total. The molecule has 0 radical (unpaired) electrons. The van der Waals surface area contributed by atoms with Gasteiger partial charge in [-0.3, -0.25) is 4.79 Å². The number of hydrogen-bond acceptors (Lipinski definition) is 4. The van der Waals surface area contributed by atoms with E-state index >= 15 is 0 Å². The number of aliphatic hydroxyl groups excluding tert-OH is 1. The van der Waals surface area contributed by atoms with Gasteiger partial charge in [-0.1, -0.05) is 0 Å². The zero-order valence-electron chi connectivity index (χ0n) is 8.14. The number of amides is 1. The molecule has 14 heavy (non-hydrogen) atoms. The molecular weight excluding hydrogens is 186 g/mol. The summed E-state index contributed by atoms with van der Waals surface area (Å²) >= 11 is 0. The quantitative estimate of drug-likeness (QED) is 0.558. The van der Waals surface area contributed by atoms with Crippen LogP contribution in [0, 0.1) is 5.92 Å². The summed E-state index contributed by atoms with van der Waals surface area (Å²) in [5, 5.41) is 9.58. The highest BCUT2D eigenvalue weighted by Crippen LogP contribution is 2.46. The van der Waals surface area contributed by atoms with Crippen molar-refractivity contribution in [3.63, 3.8) is 0 Å². The van der Waals surface area contributed by atoms with Crippen LogP contribution in [-0.2, 0) is 14.3 Å². The SMILES string of the molecule is COC(=O)[C@@H]1[C@H]2C[C@H]([C@@H]2O)N1C(C)=O. The van der Waals surface area contributed by atoms with Crippen molar-refractivity contribution in [1.82, 2.24) is 4.90 Å². The van der Waals surface area contributed by atoms with Gasteiger partial charge in [-0.15, -0.1) is 0 Å². The number of rotatable bonds is 1. The van der Waals surface area contributed by atoms with E-state index in [9.17, 15) is 14.7 Å². The molecule has 3 rings (SSSR count). The smallest absolute Gasteiger partial charge is 0.328 e. The average molecular weight is 199 g/mol. The van der Waals surface area contributed by atoms with Gasteiger partial charge in [0, 0.05) is 12.8 Å². The van der Waals surface area contributed by atoms with Crippen LogP contribution < -0.4 is 0 Å². The summed E-state index contributed by atoms with van der Waals surface area (Å²) < 4.78 is 4.62. The highest BCUT2D eigenvalue weighted by molar-refractivity contribution is 5.86. The maximum absolute atomic E-state index is 11.4. The first-order valence-corrected chi connectivity index (χ1v) is 4.62. The maximum Gasteiger partial charge on any atom is 0.328 e. The fourth-order valence-corrected chi connectivity index (χ4v) is 2.49. The van der Waals surface area contributed by atoms with Gasteiger partial charge in [0.2, 0.25) is 5.91 Å². The van der Waals surface area contributed by atoms with Crippen LogP contribution in [0.2, 0.25) is 0 Å². The summed E-state index contributed by atoms with van der Waals surface area (Å²) in [6, 6.07) is -0.751. The monoisotopic (exact) mass is 199 g/mol. The lowest BCUT2D eigenvalue weighted by molar-refractivity contribution is -0.150. The second-order valence-electron chi connectivity index (χ2n) is 3.85. The van der Waals surface area contributed by atoms with Crippen molar-refractivity contribution in [2.45, 2.75) is 31.5 Å². The highest BCUT2D eigenvalue weighted by Gasteiger charge is 2.61. The molecule has 1 amide bonds. The third kappa shape index (κ3) is 0.987. The first kappa shape index (κ1) is 9.45. The van der Waals surface area contributed by atoms with E-state index in [1.165, 1.54) is 18.9 Å². The van der Waals surface area contributed by atoms with E-state index in [0.717, 1.165) is 0 Å². The number of carbonyl (C=O) groups is 2. The minimum atomic E-state index is -0.572. The van der Waals surface area contributed by atoms with E-state index in [1.54, 1.807) is 0 Å². The molecule has 78 valence electrons. The Morgan fingerprint density at radius 1 is 1.50 bits per heavy atom. The number of methoxy groups -OCH3 is 1. The van der Waals surface area contributed by atoms with Crippen LogP contribution in [0.1, 0.15) is 13.3 Å². The molecule has 3 fully saturated rings. The number of nitrogens with zero attached hydrogens (tertiary/aromatic N) is 1. The van der Waals surface area contributed by atoms with Gasteiger partial charge in [0.15, 0.2) is 0 Å². The molecule has 2 heterocycles. The number of aliphatic hydroxyl groups is 1. The Hall–Kier alpha value is -1.10. The molecule has 2 bridgehead atoms. The summed E-state index contributed by atoms with van der Waals surface area (Å²) in [5.41, 5.74) is 0. The van der Waals surface area contributed by atoms with E-state index in [2.05, 4.69) is 4.74 Å². The first-order valence-electron chi connectivity index (χ1n) is 4.62. The minimum absolute atomic E-state index is 0.128. The van der Waals surface area contributed by atoms with Gasteiger partial charge >= 0.3 is 5.97 Å². The van der Waals surface area contributed by atoms with Crippen molar-refractivity contribution in [3.05, 3.63) is 0 Å². The van der Waals surface area contributed by atoms with Crippen LogP contribution in [0.25, 0.3) is 0 Å². The summed E-state index contributed by atoms with van der Waals surface area (Å²) in [7, 11) is 1.29. The van der Waals surface area contributed by atoms with Crippen molar-refractivity contribution >= 4 is 11.9 Å². The van der Waals surface area contributed by atoms with Crippen LogP contribution in [-0.4, -0.2) is 47.2 Å². The number of hydrogen-bond donors (Lipinski definition) is 1. The summed E-state index contributed by atoms with van der Waals surface area (Å²) in [4.78, 5) is 24.1. The zero-order valence-corrected chi connectivity index (χ0v) is 8.14. The molecular formula is C9H13NO4. The second-order valence-corrected chi connectivity index (χ2v) is 3.85. The lowest BCUT2D eigenvalue weighted by atomic mass is 9.79. The molecule has 0 aromatic heterocycles. The van der Waals surface area contributed by atoms with Gasteiger partial charge < -0.3 is 14.7 Å². The lowest BCUT2D eigenvalue weighted by Crippen LogP contribution is -2.44. The van der Waals surface area contributed by atoms with Gasteiger partial charge in [0.25, 0.3) is 0 Å². The van der Waals surface area contributed by atoms with E-state index in [1.807, 2.05) is 0 Å². The second kappa shape index (κ2) is 2.95. The van der Waals surface area contributed by atoms with Crippen LogP contribution in [0.4, 0.5) is 0 Å². The van der Waals surface area contributed by atoms with E-state index in [0.29, 0.717) is 6.42 Å². The molecule has 4 atom stereocenters. The Morgan fingerprint density at radius 2 is 2.14 bits per heavy atom. The van der Waals surface area contributed by atoms with Gasteiger partial charge in [-0.05, 0) is 6.42 Å². The number of carbonyl (C=O) groups excluding carboxylic acids is 2. The summed E-state index contributed by atoms with van der Waals surface area (Å²) in [5.74, 6) is -0.731. The van der Waals surface area contributed by atoms with Crippen LogP contribution >= 0.6 is 0 Å². The largest absolute Gasteiger partial charge is 0.467 e. The van der Waals surface area contributed by atoms with Gasteiger partial charge in [-0.2, -0.15) is 0 Å². The Bertz CT molecular complexity index is 291. The molecule has 3 aliphatic rings. The topological polar surface area (TPSA) is 66.8 Å². The lowest BCUT2D eigenvalue weighted by Gasteiger charge is -2.31. The van der Waals surface area contributed by atoms with Crippen molar-refractivity contribution in [3.8, 4) is 0 Å². The molecule has 0 spiro atoms. The Morgan fingerprint density at radius 3 is 2.57 bits per heavy atom. The summed E-state index contributed by atoms with van der Waals surface area (Å²) in [6.07, 6.45) is 0.156. The highest BCUT2D eigenvalue weighted by atomic mass is 16.5. The maximum atomic E-state index is 11.4. The van der Waals surface area contributed by atoms with Gasteiger partial charge in [0.05, 0.1) is 19.3 Å². The van der Waals surface area contributed by atoms with Crippen LogP contribution in [0.15, 0.2) is 0 Å². The first-order chi connectivity index (χ1) is 6.57. The van der Waals surface area contributed by atoms with Crippen LogP contribution in [0.5, 0.6) is 0 Å². The molecule has 0 unspecified atom stereocenters. The average Bonchev–Trinajstić information content (AvgIpc) is 2.68. The van der Waals surface area contributed by atoms with Crippen molar-refractivity contribution in [2.75, 3.05) is 7.11 Å². The van der Waals surface area contributed by atoms with Crippen molar-refractivity contribution in [2.24, 2.45) is 5.92 Å². The number of fused-ring (bicyclic) bond motifs is 1. The Kier molecular flexibility index (Phi) is 1.99. The fraction of sp³-hybridized carbons (Fsp3) is 0.778. The summed E-state index contributed by atoms with van der Waals surface area (Å²) in [6.45, 7) is 1.41. The molecule has 5 heteroatoms. The van der Waals surface area contributed by atoms with E-state index in [4.69, 9.17) is 0 Å². The third-order valence-electron chi connectivity index (χ3n) is 3.22. The van der Waals surface area contributed by atoms with Gasteiger partial charge in [-0.25, -0.2) is 4.79 Å². The number of esters is 1. The van der Waals surface area contributed by atoms with Crippen molar-refractivity contribution < 1.29 is 19.4 Å². The predicted molar refractivity (Wildman–Crippen MR) is 46.2 cm³/mol. The molecule has 0 aromatic carbocycles. The Labute approximate surface area is 81.6 Å². The fourth-order valence-electron chi connectivity index (χ4n) is 2.49. The van der Waals surface area contributed by atoms with Crippen molar-refractivity contribution in [1.29, 1.82) is 0 Å². The number of ether oxygens (including phenoxy) is 1. The normalized spacial score (nSPS) is 39.2. The standard InChI is InChI=1S/C9H13NO4/c1-4(11)10-6-3-5(8(6)12)7(10)9(13)14-2/h5-8,12H,3H2,1-2H3/t5-,6-,7+,8-/m1/s1. The predicted octanol–water partition coefficient (Wildman–Crippen LogP) is -0.861. The van der Waals surface area contributed by atoms with E-state index in [-0.39, 0.29) is 17.9 Å². The molecule has 0 aromatic rings. The minimum Gasteiger partial charge on any atom is -0.467 e. The van der Waals surface area contributed by atoms with Crippen LogP contribution in [0.3, 0.4) is 0 Å². The third-order valence-corrected chi connectivity index (χ3v) is 3.22. The van der Waals surface area contributed by atoms with E-state index < -0.39 is 18.1 Å². The zero-order chi connectivity index (χ0) is 10.5. The molecule has 1 N–H and O–H groups in total. The Balaban J connectivity index is 2.23. The molecule has 1 saturated carbocycles. The van der Waals surface area contributed by atoms with Gasteiger partial charge in [0.1, 0.15) is 6.04 Å². The molecule has 2 aliphatic heterocycles.